The van der Waals surface area contributed by atoms with Crippen molar-refractivity contribution in [2.75, 3.05) is 6.54 Å². The fourth-order valence-electron chi connectivity index (χ4n) is 2.37. The first kappa shape index (κ1) is 12.6. The van der Waals surface area contributed by atoms with Crippen LogP contribution < -0.4 is 5.69 Å². The van der Waals surface area contributed by atoms with Crippen molar-refractivity contribution in [1.82, 2.24) is 29.0 Å². The van der Waals surface area contributed by atoms with Crippen LogP contribution in [-0.2, 0) is 31.5 Å². The van der Waals surface area contributed by atoms with E-state index in [4.69, 9.17) is 0 Å². The molecule has 1 aliphatic heterocycles. The van der Waals surface area contributed by atoms with Crippen molar-refractivity contribution in [2.45, 2.75) is 26.6 Å². The van der Waals surface area contributed by atoms with Crippen molar-refractivity contribution in [3.8, 4) is 0 Å². The summed E-state index contributed by atoms with van der Waals surface area (Å²) in [5.41, 5.74) is 0.893. The highest BCUT2D eigenvalue weighted by molar-refractivity contribution is 5.75. The van der Waals surface area contributed by atoms with Crippen molar-refractivity contribution < 1.29 is 4.79 Å². The lowest BCUT2D eigenvalue weighted by Gasteiger charge is -2.26. The van der Waals surface area contributed by atoms with Crippen molar-refractivity contribution >= 4 is 5.91 Å². The number of aromatic nitrogens is 5. The molecule has 2 aromatic rings. The second-order valence-electron chi connectivity index (χ2n) is 5.00. The van der Waals surface area contributed by atoms with Crippen LogP contribution in [0.5, 0.6) is 0 Å². The van der Waals surface area contributed by atoms with E-state index in [-0.39, 0.29) is 18.1 Å². The molecule has 0 spiro atoms. The third-order valence-corrected chi connectivity index (χ3v) is 3.42. The van der Waals surface area contributed by atoms with Gasteiger partial charge >= 0.3 is 5.69 Å². The summed E-state index contributed by atoms with van der Waals surface area (Å²) < 4.78 is 4.54. The molecule has 1 aliphatic rings. The Bertz CT molecular complexity index is 710. The van der Waals surface area contributed by atoms with E-state index in [1.807, 2.05) is 13.1 Å². The predicted octanol–water partition coefficient (Wildman–Crippen LogP) is -0.871. The smallest absolute Gasteiger partial charge is 0.332 e. The second-order valence-corrected chi connectivity index (χ2v) is 5.00. The summed E-state index contributed by atoms with van der Waals surface area (Å²) in [6.45, 7) is 3.53. The molecule has 0 bridgehead atoms. The minimum absolute atomic E-state index is 0.0162. The molecular formula is C12H16N6O2. The van der Waals surface area contributed by atoms with Crippen LogP contribution in [0.3, 0.4) is 0 Å². The number of amides is 1. The lowest BCUT2D eigenvalue weighted by molar-refractivity contribution is -0.133. The van der Waals surface area contributed by atoms with Gasteiger partial charge in [0.05, 0.1) is 12.7 Å². The maximum absolute atomic E-state index is 12.2. The second kappa shape index (κ2) is 4.62. The largest absolute Gasteiger partial charge is 0.345 e. The van der Waals surface area contributed by atoms with E-state index in [9.17, 15) is 9.59 Å². The van der Waals surface area contributed by atoms with Crippen molar-refractivity contribution in [3.05, 3.63) is 34.3 Å². The Balaban J connectivity index is 1.73. The Morgan fingerprint density at radius 1 is 1.40 bits per heavy atom. The maximum atomic E-state index is 12.2. The van der Waals surface area contributed by atoms with E-state index in [1.54, 1.807) is 27.4 Å². The van der Waals surface area contributed by atoms with Crippen LogP contribution in [0.15, 0.2) is 17.2 Å². The zero-order valence-electron chi connectivity index (χ0n) is 11.5. The molecule has 0 unspecified atom stereocenters. The summed E-state index contributed by atoms with van der Waals surface area (Å²) in [6.07, 6.45) is 3.55. The summed E-state index contributed by atoms with van der Waals surface area (Å²) in [6, 6.07) is 0. The standard InChI is InChI=1S/C12H16N6O2/c1-9-5-13-17(6-9)8-11(19)16-3-4-18-10(7-16)14-15(2)12(18)20/h5-6H,3-4,7-8H2,1-2H3. The monoisotopic (exact) mass is 276 g/mol. The summed E-state index contributed by atoms with van der Waals surface area (Å²) in [5, 5.41) is 8.25. The molecule has 8 heteroatoms. The van der Waals surface area contributed by atoms with Gasteiger partial charge in [0.1, 0.15) is 6.54 Å². The van der Waals surface area contributed by atoms with Crippen LogP contribution in [0.2, 0.25) is 0 Å². The van der Waals surface area contributed by atoms with E-state index in [2.05, 4.69) is 10.2 Å². The molecule has 2 aromatic heterocycles. The van der Waals surface area contributed by atoms with E-state index < -0.39 is 0 Å². The first-order valence-electron chi connectivity index (χ1n) is 6.44. The number of rotatable bonds is 2. The van der Waals surface area contributed by atoms with Gasteiger partial charge in [0, 0.05) is 26.3 Å². The van der Waals surface area contributed by atoms with E-state index in [1.165, 1.54) is 4.68 Å². The number of nitrogens with zero attached hydrogens (tertiary/aromatic N) is 6. The van der Waals surface area contributed by atoms with E-state index >= 15 is 0 Å². The van der Waals surface area contributed by atoms with E-state index in [0.29, 0.717) is 25.5 Å². The molecule has 0 saturated heterocycles. The Morgan fingerprint density at radius 3 is 2.90 bits per heavy atom. The molecule has 8 nitrogen and oxygen atoms in total. The Labute approximate surface area is 115 Å². The van der Waals surface area contributed by atoms with Crippen molar-refractivity contribution in [2.24, 2.45) is 7.05 Å². The van der Waals surface area contributed by atoms with Crippen LogP contribution >= 0.6 is 0 Å². The van der Waals surface area contributed by atoms with E-state index in [0.717, 1.165) is 5.56 Å². The molecule has 0 aliphatic carbocycles. The predicted molar refractivity (Wildman–Crippen MR) is 69.8 cm³/mol. The minimum Gasteiger partial charge on any atom is -0.332 e. The lowest BCUT2D eigenvalue weighted by atomic mass is 10.3. The van der Waals surface area contributed by atoms with Crippen molar-refractivity contribution in [3.63, 3.8) is 0 Å². The molecule has 0 atom stereocenters. The first-order chi connectivity index (χ1) is 9.54. The summed E-state index contributed by atoms with van der Waals surface area (Å²) in [7, 11) is 1.62. The molecule has 3 heterocycles. The number of hydrogen-bond acceptors (Lipinski definition) is 4. The molecule has 1 amide bonds. The zero-order valence-corrected chi connectivity index (χ0v) is 11.5. The molecule has 0 saturated carbocycles. The van der Waals surface area contributed by atoms with Gasteiger partial charge in [-0.1, -0.05) is 0 Å². The fourth-order valence-corrected chi connectivity index (χ4v) is 2.37. The number of aryl methyl sites for hydroxylation is 2. The van der Waals surface area contributed by atoms with Crippen LogP contribution in [0.1, 0.15) is 11.4 Å². The topological polar surface area (TPSA) is 78.0 Å². The average molecular weight is 276 g/mol. The Hall–Kier alpha value is -2.38. The molecule has 0 fully saturated rings. The van der Waals surface area contributed by atoms with Gasteiger partial charge in [-0.2, -0.15) is 10.2 Å². The summed E-state index contributed by atoms with van der Waals surface area (Å²) in [4.78, 5) is 25.7. The average Bonchev–Trinajstić information content (AvgIpc) is 2.94. The molecule has 3 rings (SSSR count). The molecular weight excluding hydrogens is 260 g/mol. The third-order valence-electron chi connectivity index (χ3n) is 3.42. The molecule has 0 N–H and O–H groups in total. The Morgan fingerprint density at radius 2 is 2.20 bits per heavy atom. The van der Waals surface area contributed by atoms with Crippen LogP contribution in [-0.4, -0.2) is 41.5 Å². The maximum Gasteiger partial charge on any atom is 0.345 e. The first-order valence-corrected chi connectivity index (χ1v) is 6.44. The zero-order chi connectivity index (χ0) is 14.3. The van der Waals surface area contributed by atoms with Gasteiger partial charge in [0.2, 0.25) is 5.91 Å². The fraction of sp³-hybridized carbons (Fsp3) is 0.500. The molecule has 0 aromatic carbocycles. The lowest BCUT2D eigenvalue weighted by Crippen LogP contribution is -2.42. The van der Waals surface area contributed by atoms with Gasteiger partial charge in [0.25, 0.3) is 0 Å². The molecule has 106 valence electrons. The highest BCUT2D eigenvalue weighted by Gasteiger charge is 2.24. The van der Waals surface area contributed by atoms with Gasteiger partial charge in [0.15, 0.2) is 5.82 Å². The number of carbonyl (C=O) groups excluding carboxylic acids is 1. The van der Waals surface area contributed by atoms with Crippen molar-refractivity contribution in [1.29, 1.82) is 0 Å². The quantitative estimate of drug-likeness (QED) is 0.714. The van der Waals surface area contributed by atoms with Gasteiger partial charge in [-0.15, -0.1) is 0 Å². The van der Waals surface area contributed by atoms with Gasteiger partial charge in [-0.05, 0) is 12.5 Å². The third kappa shape index (κ3) is 2.13. The number of hydrogen-bond donors (Lipinski definition) is 0. The Kier molecular flexibility index (Phi) is 2.92. The summed E-state index contributed by atoms with van der Waals surface area (Å²) in [5.74, 6) is 0.617. The highest BCUT2D eigenvalue weighted by Crippen LogP contribution is 2.08. The number of fused-ring (bicyclic) bond motifs is 1. The van der Waals surface area contributed by atoms with Gasteiger partial charge < -0.3 is 4.90 Å². The molecule has 20 heavy (non-hydrogen) atoms. The van der Waals surface area contributed by atoms with Crippen LogP contribution in [0.25, 0.3) is 0 Å². The normalized spacial score (nSPS) is 14.4. The molecule has 0 radical (unpaired) electrons. The van der Waals surface area contributed by atoms with Crippen LogP contribution in [0.4, 0.5) is 0 Å². The SMILES string of the molecule is Cc1cnn(CC(=O)N2CCn3c(nn(C)c3=O)C2)c1. The highest BCUT2D eigenvalue weighted by atomic mass is 16.2. The van der Waals surface area contributed by atoms with Crippen LogP contribution in [0, 0.1) is 6.92 Å². The number of carbonyl (C=O) groups is 1. The minimum atomic E-state index is -0.130. The van der Waals surface area contributed by atoms with Gasteiger partial charge in [-0.25, -0.2) is 9.48 Å². The summed E-state index contributed by atoms with van der Waals surface area (Å²) >= 11 is 0. The van der Waals surface area contributed by atoms with Gasteiger partial charge in [-0.3, -0.25) is 14.0 Å².